The van der Waals surface area contributed by atoms with Crippen LogP contribution in [0.15, 0.2) is 30.3 Å². The molecule has 2 amide bonds. The number of benzene rings is 1. The van der Waals surface area contributed by atoms with Crippen LogP contribution in [0.5, 0.6) is 0 Å². The predicted octanol–water partition coefficient (Wildman–Crippen LogP) is 3.37. The largest absolute Gasteiger partial charge is 0.445 e. The number of alkyl carbamates (subject to hydrolysis) is 2. The number of nitrogens with one attached hydrogen (secondary N) is 2. The van der Waals surface area contributed by atoms with Crippen LogP contribution in [0.2, 0.25) is 0 Å². The van der Waals surface area contributed by atoms with Gasteiger partial charge in [-0.05, 0) is 45.1 Å². The van der Waals surface area contributed by atoms with Crippen molar-refractivity contribution in [2.24, 2.45) is 5.92 Å². The van der Waals surface area contributed by atoms with E-state index in [1.54, 1.807) is 20.8 Å². The van der Waals surface area contributed by atoms with Gasteiger partial charge in [0, 0.05) is 6.54 Å². The van der Waals surface area contributed by atoms with Crippen LogP contribution in [-0.4, -0.2) is 53.8 Å². The van der Waals surface area contributed by atoms with E-state index in [4.69, 9.17) is 14.2 Å². The fourth-order valence-corrected chi connectivity index (χ4v) is 3.25. The number of hydrogen-bond acceptors (Lipinski definition) is 6. The molecule has 8 nitrogen and oxygen atoms in total. The van der Waals surface area contributed by atoms with Crippen molar-refractivity contribution in [3.05, 3.63) is 35.9 Å². The Bertz CT molecular complexity index is 704. The smallest absolute Gasteiger partial charge is 0.407 e. The zero-order valence-electron chi connectivity index (χ0n) is 19.1. The van der Waals surface area contributed by atoms with E-state index in [0.29, 0.717) is 19.4 Å². The number of carbonyl (C=O) groups is 2. The summed E-state index contributed by atoms with van der Waals surface area (Å²) in [6.45, 7) is 9.91. The summed E-state index contributed by atoms with van der Waals surface area (Å²) in [6.07, 6.45) is -0.898. The van der Waals surface area contributed by atoms with Gasteiger partial charge in [0.2, 0.25) is 0 Å². The molecule has 0 radical (unpaired) electrons. The number of amides is 2. The van der Waals surface area contributed by atoms with Crippen molar-refractivity contribution < 1.29 is 28.9 Å². The van der Waals surface area contributed by atoms with E-state index in [-0.39, 0.29) is 24.7 Å². The summed E-state index contributed by atoms with van der Waals surface area (Å²) in [4.78, 5) is 23.8. The summed E-state index contributed by atoms with van der Waals surface area (Å²) in [6, 6.07) is 9.01. The Kier molecular flexibility index (Phi) is 9.13. The van der Waals surface area contributed by atoms with E-state index in [1.165, 1.54) is 0 Å². The molecule has 1 aromatic carbocycles. The molecule has 1 heterocycles. The van der Waals surface area contributed by atoms with Gasteiger partial charge >= 0.3 is 12.2 Å². The Morgan fingerprint density at radius 1 is 1.16 bits per heavy atom. The quantitative estimate of drug-likeness (QED) is 0.383. The molecule has 2 rings (SSSR count). The number of rotatable bonds is 10. The molecule has 3 N–H and O–H groups in total. The van der Waals surface area contributed by atoms with Crippen LogP contribution >= 0.6 is 0 Å². The summed E-state index contributed by atoms with van der Waals surface area (Å²) in [5, 5.41) is 16.2. The SMILES string of the molecule is CC(C)[C@H](NC(=O)OC(C)(C)C)[C@H](O)[C@H]1O[C@@H]1CCCNC(=O)OCc1ccccc1. The third kappa shape index (κ3) is 9.14. The molecule has 0 aromatic heterocycles. The average Bonchev–Trinajstić information content (AvgIpc) is 3.46. The summed E-state index contributed by atoms with van der Waals surface area (Å²) in [5.41, 5.74) is 0.324. The minimum absolute atomic E-state index is 0.00780. The maximum absolute atomic E-state index is 12.1. The molecular weight excluding hydrogens is 400 g/mol. The molecule has 1 aliphatic heterocycles. The van der Waals surface area contributed by atoms with Crippen molar-refractivity contribution >= 4 is 12.2 Å². The molecular formula is C23H36N2O6. The van der Waals surface area contributed by atoms with Gasteiger partial charge in [-0.25, -0.2) is 9.59 Å². The Morgan fingerprint density at radius 2 is 1.84 bits per heavy atom. The molecule has 0 aliphatic carbocycles. The van der Waals surface area contributed by atoms with Crippen molar-refractivity contribution in [1.29, 1.82) is 0 Å². The average molecular weight is 437 g/mol. The highest BCUT2D eigenvalue weighted by Crippen LogP contribution is 2.32. The van der Waals surface area contributed by atoms with Crippen LogP contribution in [0.4, 0.5) is 9.59 Å². The van der Waals surface area contributed by atoms with Gasteiger partial charge in [0.25, 0.3) is 0 Å². The van der Waals surface area contributed by atoms with E-state index in [2.05, 4.69) is 10.6 Å². The van der Waals surface area contributed by atoms with E-state index in [1.807, 2.05) is 44.2 Å². The number of aliphatic hydroxyl groups is 1. The highest BCUT2D eigenvalue weighted by atomic mass is 16.6. The molecule has 31 heavy (non-hydrogen) atoms. The van der Waals surface area contributed by atoms with E-state index >= 15 is 0 Å². The predicted molar refractivity (Wildman–Crippen MR) is 117 cm³/mol. The standard InChI is InChI=1S/C23H36N2O6/c1-15(2)18(25-22(28)31-23(3,4)5)19(26)20-17(30-20)12-9-13-24-21(27)29-14-16-10-7-6-8-11-16/h6-8,10-11,15,17-20,26H,9,12-14H2,1-5H3,(H,24,27)(H,25,28)/t17-,18+,19+,20+/m1/s1. The molecule has 1 saturated heterocycles. The maximum Gasteiger partial charge on any atom is 0.407 e. The lowest BCUT2D eigenvalue weighted by Crippen LogP contribution is -2.50. The fraction of sp³-hybridized carbons (Fsp3) is 0.652. The Hall–Kier alpha value is -2.32. The highest BCUT2D eigenvalue weighted by molar-refractivity contribution is 5.68. The third-order valence-electron chi connectivity index (χ3n) is 4.88. The second-order valence-electron chi connectivity index (χ2n) is 9.18. The van der Waals surface area contributed by atoms with Crippen molar-refractivity contribution in [2.75, 3.05) is 6.54 Å². The van der Waals surface area contributed by atoms with Crippen molar-refractivity contribution in [3.8, 4) is 0 Å². The van der Waals surface area contributed by atoms with Crippen LogP contribution in [-0.2, 0) is 20.8 Å². The van der Waals surface area contributed by atoms with Gasteiger partial charge in [0.1, 0.15) is 24.4 Å². The van der Waals surface area contributed by atoms with Gasteiger partial charge in [-0.3, -0.25) is 0 Å². The van der Waals surface area contributed by atoms with Crippen molar-refractivity contribution in [3.63, 3.8) is 0 Å². The summed E-state index contributed by atoms with van der Waals surface area (Å²) < 4.78 is 16.1. The molecule has 0 saturated carbocycles. The lowest BCUT2D eigenvalue weighted by atomic mass is 9.94. The van der Waals surface area contributed by atoms with Gasteiger partial charge < -0.3 is 30.0 Å². The van der Waals surface area contributed by atoms with Gasteiger partial charge in [0.05, 0.1) is 12.1 Å². The molecule has 0 bridgehead atoms. The second-order valence-corrected chi connectivity index (χ2v) is 9.18. The second kappa shape index (κ2) is 11.3. The number of carbonyl (C=O) groups excluding carboxylic acids is 2. The fourth-order valence-electron chi connectivity index (χ4n) is 3.25. The molecule has 1 aromatic rings. The first kappa shape index (κ1) is 24.9. The summed E-state index contributed by atoms with van der Waals surface area (Å²) >= 11 is 0. The molecule has 4 atom stereocenters. The Balaban J connectivity index is 1.65. The number of epoxide rings is 1. The molecule has 0 spiro atoms. The normalized spacial score (nSPS) is 20.0. The third-order valence-corrected chi connectivity index (χ3v) is 4.88. The van der Waals surface area contributed by atoms with Gasteiger partial charge in [-0.1, -0.05) is 44.2 Å². The van der Waals surface area contributed by atoms with Crippen LogP contribution in [0, 0.1) is 5.92 Å². The van der Waals surface area contributed by atoms with E-state index in [9.17, 15) is 14.7 Å². The Labute approximate surface area is 184 Å². The van der Waals surface area contributed by atoms with Crippen LogP contribution in [0.1, 0.15) is 53.0 Å². The minimum Gasteiger partial charge on any atom is -0.445 e. The molecule has 1 aliphatic rings. The molecule has 1 fully saturated rings. The summed E-state index contributed by atoms with van der Waals surface area (Å²) in [7, 11) is 0. The number of hydrogen-bond donors (Lipinski definition) is 3. The Morgan fingerprint density at radius 3 is 2.45 bits per heavy atom. The number of ether oxygens (including phenoxy) is 3. The first-order valence-corrected chi connectivity index (χ1v) is 10.8. The monoisotopic (exact) mass is 436 g/mol. The van der Waals surface area contributed by atoms with Gasteiger partial charge in [0.15, 0.2) is 0 Å². The first-order valence-electron chi connectivity index (χ1n) is 10.8. The molecule has 174 valence electrons. The lowest BCUT2D eigenvalue weighted by molar-refractivity contribution is 0.0326. The first-order chi connectivity index (χ1) is 14.6. The van der Waals surface area contributed by atoms with E-state index in [0.717, 1.165) is 5.56 Å². The minimum atomic E-state index is -0.832. The number of aliphatic hydroxyl groups excluding tert-OH is 1. The summed E-state index contributed by atoms with van der Waals surface area (Å²) in [5.74, 6) is 0.00780. The maximum atomic E-state index is 12.1. The van der Waals surface area contributed by atoms with Gasteiger partial charge in [-0.15, -0.1) is 0 Å². The van der Waals surface area contributed by atoms with Crippen molar-refractivity contribution in [2.45, 2.75) is 84.0 Å². The van der Waals surface area contributed by atoms with E-state index < -0.39 is 29.9 Å². The topological polar surface area (TPSA) is 109 Å². The van der Waals surface area contributed by atoms with Gasteiger partial charge in [-0.2, -0.15) is 0 Å². The zero-order chi connectivity index (χ0) is 23.0. The zero-order valence-corrected chi connectivity index (χ0v) is 19.1. The van der Waals surface area contributed by atoms with Crippen LogP contribution < -0.4 is 10.6 Å². The highest BCUT2D eigenvalue weighted by Gasteiger charge is 2.47. The lowest BCUT2D eigenvalue weighted by Gasteiger charge is -2.28. The van der Waals surface area contributed by atoms with Crippen molar-refractivity contribution in [1.82, 2.24) is 10.6 Å². The van der Waals surface area contributed by atoms with Crippen LogP contribution in [0.25, 0.3) is 0 Å². The van der Waals surface area contributed by atoms with Crippen LogP contribution in [0.3, 0.4) is 0 Å². The molecule has 8 heteroatoms. The molecule has 0 unspecified atom stereocenters.